The van der Waals surface area contributed by atoms with Crippen LogP contribution in [0.3, 0.4) is 0 Å². The van der Waals surface area contributed by atoms with Gasteiger partial charge in [0.15, 0.2) is 0 Å². The maximum absolute atomic E-state index is 13.5. The lowest BCUT2D eigenvalue weighted by atomic mass is 10.0. The van der Waals surface area contributed by atoms with E-state index in [1.54, 1.807) is 12.1 Å². The van der Waals surface area contributed by atoms with Crippen LogP contribution < -0.4 is 5.32 Å². The summed E-state index contributed by atoms with van der Waals surface area (Å²) >= 11 is 5.05. The van der Waals surface area contributed by atoms with Crippen molar-refractivity contribution in [1.82, 2.24) is 0 Å². The summed E-state index contributed by atoms with van der Waals surface area (Å²) in [5.41, 5.74) is 0.261. The van der Waals surface area contributed by atoms with Crippen LogP contribution in [-0.2, 0) is 4.79 Å². The molecule has 0 radical (unpaired) electrons. The normalized spacial score (nSPS) is 16.8. The number of thioether (sulfide) groups is 1. The molecule has 0 atom stereocenters. The minimum atomic E-state index is -0.405. The summed E-state index contributed by atoms with van der Waals surface area (Å²) in [6.45, 7) is 0. The summed E-state index contributed by atoms with van der Waals surface area (Å²) in [6, 6.07) is 4.65. The largest absolute Gasteiger partial charge is 0.323 e. The van der Waals surface area contributed by atoms with Gasteiger partial charge in [0.25, 0.3) is 0 Å². The number of carbonyl (C=O) groups excluding carboxylic acids is 1. The van der Waals surface area contributed by atoms with Gasteiger partial charge < -0.3 is 5.32 Å². The SMILES string of the molecule is O=C(Nc1ccc(Br)cc1F)C1CCSCC1. The Morgan fingerprint density at radius 3 is 2.76 bits per heavy atom. The molecule has 0 spiro atoms. The summed E-state index contributed by atoms with van der Waals surface area (Å²) < 4.78 is 14.2. The van der Waals surface area contributed by atoms with Crippen LogP contribution in [0.15, 0.2) is 22.7 Å². The summed E-state index contributed by atoms with van der Waals surface area (Å²) in [5.74, 6) is 1.59. The molecule has 2 nitrogen and oxygen atoms in total. The maximum atomic E-state index is 13.5. The molecule has 92 valence electrons. The zero-order chi connectivity index (χ0) is 12.3. The highest BCUT2D eigenvalue weighted by Crippen LogP contribution is 2.25. The molecule has 1 amide bonds. The zero-order valence-electron chi connectivity index (χ0n) is 9.21. The van der Waals surface area contributed by atoms with Crippen LogP contribution in [0.5, 0.6) is 0 Å². The quantitative estimate of drug-likeness (QED) is 0.901. The van der Waals surface area contributed by atoms with E-state index >= 15 is 0 Å². The Labute approximate surface area is 112 Å². The van der Waals surface area contributed by atoms with Crippen molar-refractivity contribution in [3.05, 3.63) is 28.5 Å². The van der Waals surface area contributed by atoms with Gasteiger partial charge in [-0.3, -0.25) is 4.79 Å². The third-order valence-corrected chi connectivity index (χ3v) is 4.32. The fourth-order valence-corrected chi connectivity index (χ4v) is 3.23. The first-order chi connectivity index (χ1) is 8.16. The second-order valence-electron chi connectivity index (χ2n) is 4.00. The van der Waals surface area contributed by atoms with Gasteiger partial charge in [0.1, 0.15) is 5.82 Å². The first kappa shape index (κ1) is 12.9. The number of carbonyl (C=O) groups is 1. The molecule has 1 aromatic carbocycles. The number of halogens is 2. The molecule has 0 bridgehead atoms. The Hall–Kier alpha value is -0.550. The molecule has 17 heavy (non-hydrogen) atoms. The van der Waals surface area contributed by atoms with Crippen molar-refractivity contribution in [1.29, 1.82) is 0 Å². The molecule has 2 rings (SSSR count). The number of rotatable bonds is 2. The predicted molar refractivity (Wildman–Crippen MR) is 72.8 cm³/mol. The summed E-state index contributed by atoms with van der Waals surface area (Å²) in [5, 5.41) is 2.66. The number of nitrogens with one attached hydrogen (secondary N) is 1. The standard InChI is InChI=1S/C12H13BrFNOS/c13-9-1-2-11(10(14)7-9)15-12(16)8-3-5-17-6-4-8/h1-2,7-8H,3-6H2,(H,15,16). The van der Waals surface area contributed by atoms with Crippen molar-refractivity contribution >= 4 is 39.3 Å². The van der Waals surface area contributed by atoms with Crippen LogP contribution in [0.1, 0.15) is 12.8 Å². The fourth-order valence-electron chi connectivity index (χ4n) is 1.79. The van der Waals surface area contributed by atoms with E-state index in [1.807, 2.05) is 11.8 Å². The van der Waals surface area contributed by atoms with E-state index in [2.05, 4.69) is 21.2 Å². The van der Waals surface area contributed by atoms with Gasteiger partial charge in [-0.2, -0.15) is 11.8 Å². The van der Waals surface area contributed by atoms with Crippen molar-refractivity contribution in [3.8, 4) is 0 Å². The molecular weight excluding hydrogens is 305 g/mol. The van der Waals surface area contributed by atoms with E-state index < -0.39 is 5.82 Å². The molecular formula is C12H13BrFNOS. The van der Waals surface area contributed by atoms with Crippen molar-refractivity contribution in [2.45, 2.75) is 12.8 Å². The second-order valence-corrected chi connectivity index (χ2v) is 6.14. The monoisotopic (exact) mass is 317 g/mol. The average molecular weight is 318 g/mol. The van der Waals surface area contributed by atoms with Crippen molar-refractivity contribution < 1.29 is 9.18 Å². The van der Waals surface area contributed by atoms with E-state index in [9.17, 15) is 9.18 Å². The van der Waals surface area contributed by atoms with Gasteiger partial charge in [0.05, 0.1) is 5.69 Å². The van der Waals surface area contributed by atoms with Crippen molar-refractivity contribution in [2.24, 2.45) is 5.92 Å². The smallest absolute Gasteiger partial charge is 0.227 e. The van der Waals surface area contributed by atoms with Crippen LogP contribution in [0.25, 0.3) is 0 Å². The maximum Gasteiger partial charge on any atom is 0.227 e. The van der Waals surface area contributed by atoms with E-state index in [1.165, 1.54) is 6.07 Å². The van der Waals surface area contributed by atoms with E-state index in [0.717, 1.165) is 24.3 Å². The third-order valence-electron chi connectivity index (χ3n) is 2.78. The highest BCUT2D eigenvalue weighted by Gasteiger charge is 2.22. The Bertz CT molecular complexity index is 421. The number of anilines is 1. The number of amides is 1. The van der Waals surface area contributed by atoms with Gasteiger partial charge >= 0.3 is 0 Å². The predicted octanol–water partition coefficient (Wildman–Crippen LogP) is 3.67. The Morgan fingerprint density at radius 1 is 1.41 bits per heavy atom. The van der Waals surface area contributed by atoms with Crippen LogP contribution in [0.2, 0.25) is 0 Å². The molecule has 1 aliphatic heterocycles. The Balaban J connectivity index is 2.02. The topological polar surface area (TPSA) is 29.1 Å². The average Bonchev–Trinajstić information content (AvgIpc) is 2.34. The minimum Gasteiger partial charge on any atom is -0.323 e. The zero-order valence-corrected chi connectivity index (χ0v) is 11.6. The molecule has 0 unspecified atom stereocenters. The van der Waals surface area contributed by atoms with Gasteiger partial charge in [-0.05, 0) is 42.5 Å². The van der Waals surface area contributed by atoms with Crippen molar-refractivity contribution in [3.63, 3.8) is 0 Å². The lowest BCUT2D eigenvalue weighted by Crippen LogP contribution is -2.26. The van der Waals surface area contributed by atoms with Gasteiger partial charge in [-0.15, -0.1) is 0 Å². The van der Waals surface area contributed by atoms with Gasteiger partial charge in [0, 0.05) is 10.4 Å². The molecule has 1 fully saturated rings. The molecule has 0 aromatic heterocycles. The first-order valence-corrected chi connectivity index (χ1v) is 7.45. The molecule has 1 aromatic rings. The van der Waals surface area contributed by atoms with E-state index in [4.69, 9.17) is 0 Å². The molecule has 5 heteroatoms. The van der Waals surface area contributed by atoms with Gasteiger partial charge in [0.2, 0.25) is 5.91 Å². The molecule has 1 saturated heterocycles. The number of hydrogen-bond donors (Lipinski definition) is 1. The summed E-state index contributed by atoms with van der Waals surface area (Å²) in [7, 11) is 0. The third kappa shape index (κ3) is 3.45. The highest BCUT2D eigenvalue weighted by atomic mass is 79.9. The van der Waals surface area contributed by atoms with Crippen LogP contribution in [-0.4, -0.2) is 17.4 Å². The molecule has 0 aliphatic carbocycles. The lowest BCUT2D eigenvalue weighted by molar-refractivity contribution is -0.120. The van der Waals surface area contributed by atoms with E-state index in [-0.39, 0.29) is 17.5 Å². The Morgan fingerprint density at radius 2 is 2.12 bits per heavy atom. The second kappa shape index (κ2) is 5.87. The fraction of sp³-hybridized carbons (Fsp3) is 0.417. The molecule has 1 N–H and O–H groups in total. The van der Waals surface area contributed by atoms with Gasteiger partial charge in [-0.1, -0.05) is 15.9 Å². The Kier molecular flexibility index (Phi) is 4.45. The van der Waals surface area contributed by atoms with Crippen molar-refractivity contribution in [2.75, 3.05) is 16.8 Å². The molecule has 1 aliphatic rings. The van der Waals surface area contributed by atoms with Crippen LogP contribution in [0, 0.1) is 11.7 Å². The highest BCUT2D eigenvalue weighted by molar-refractivity contribution is 9.10. The summed E-state index contributed by atoms with van der Waals surface area (Å²) in [6.07, 6.45) is 1.77. The lowest BCUT2D eigenvalue weighted by Gasteiger charge is -2.20. The summed E-state index contributed by atoms with van der Waals surface area (Å²) in [4.78, 5) is 11.9. The molecule has 0 saturated carbocycles. The van der Waals surface area contributed by atoms with Crippen LogP contribution >= 0.6 is 27.7 Å². The number of benzene rings is 1. The first-order valence-electron chi connectivity index (χ1n) is 5.50. The minimum absolute atomic E-state index is 0.0271. The van der Waals surface area contributed by atoms with Gasteiger partial charge in [-0.25, -0.2) is 4.39 Å². The van der Waals surface area contributed by atoms with E-state index in [0.29, 0.717) is 4.47 Å². The van der Waals surface area contributed by atoms with Crippen LogP contribution in [0.4, 0.5) is 10.1 Å². The number of hydrogen-bond acceptors (Lipinski definition) is 2. The molecule has 1 heterocycles.